The van der Waals surface area contributed by atoms with Crippen molar-refractivity contribution in [3.63, 3.8) is 0 Å². The summed E-state index contributed by atoms with van der Waals surface area (Å²) in [6.07, 6.45) is 9.73. The molecule has 0 saturated heterocycles. The fourth-order valence-electron chi connectivity index (χ4n) is 3.34. The highest BCUT2D eigenvalue weighted by Crippen LogP contribution is 2.34. The van der Waals surface area contributed by atoms with Crippen LogP contribution in [0.15, 0.2) is 6.33 Å². The molecular formula is C15H26N4. The Morgan fingerprint density at radius 2 is 2.05 bits per heavy atom. The molecular weight excluding hydrogens is 236 g/mol. The third kappa shape index (κ3) is 3.16. The molecule has 2 aliphatic carbocycles. The molecule has 0 bridgehead atoms. The summed E-state index contributed by atoms with van der Waals surface area (Å²) in [6, 6.07) is 1.25. The highest BCUT2D eigenvalue weighted by atomic mass is 15.3. The summed E-state index contributed by atoms with van der Waals surface area (Å²) in [4.78, 5) is 4.47. The van der Waals surface area contributed by atoms with Gasteiger partial charge in [-0.15, -0.1) is 0 Å². The third-order valence-electron chi connectivity index (χ3n) is 4.64. The number of rotatable bonds is 6. The predicted octanol–water partition coefficient (Wildman–Crippen LogP) is 2.57. The first-order chi connectivity index (χ1) is 9.24. The van der Waals surface area contributed by atoms with E-state index < -0.39 is 0 Å². The fraction of sp³-hybridized carbons (Fsp3) is 0.867. The lowest BCUT2D eigenvalue weighted by atomic mass is 9.92. The SMILES string of the molecule is CC(C)n1ncnc1CC1CCCC1CNC1CC1. The average molecular weight is 262 g/mol. The van der Waals surface area contributed by atoms with Gasteiger partial charge in [0.1, 0.15) is 12.2 Å². The van der Waals surface area contributed by atoms with Crippen LogP contribution in [0.2, 0.25) is 0 Å². The average Bonchev–Trinajstić information content (AvgIpc) is 2.92. The molecule has 1 heterocycles. The summed E-state index contributed by atoms with van der Waals surface area (Å²) in [6.45, 7) is 5.57. The molecule has 2 saturated carbocycles. The van der Waals surface area contributed by atoms with Crippen LogP contribution in [0, 0.1) is 11.8 Å². The van der Waals surface area contributed by atoms with Crippen LogP contribution in [0.25, 0.3) is 0 Å². The first-order valence-electron chi connectivity index (χ1n) is 7.86. The predicted molar refractivity (Wildman–Crippen MR) is 76.0 cm³/mol. The summed E-state index contributed by atoms with van der Waals surface area (Å²) >= 11 is 0. The van der Waals surface area contributed by atoms with Crippen LogP contribution >= 0.6 is 0 Å². The number of aromatic nitrogens is 3. The second-order valence-electron chi connectivity index (χ2n) is 6.55. The normalized spacial score (nSPS) is 27.3. The molecule has 0 amide bonds. The Labute approximate surface area is 116 Å². The molecule has 0 aliphatic heterocycles. The highest BCUT2D eigenvalue weighted by molar-refractivity contribution is 4.94. The molecule has 1 aromatic rings. The quantitative estimate of drug-likeness (QED) is 0.857. The third-order valence-corrected chi connectivity index (χ3v) is 4.64. The van der Waals surface area contributed by atoms with Crippen molar-refractivity contribution in [1.29, 1.82) is 0 Å². The van der Waals surface area contributed by atoms with E-state index in [9.17, 15) is 0 Å². The van der Waals surface area contributed by atoms with Gasteiger partial charge in [-0.2, -0.15) is 5.10 Å². The molecule has 1 N–H and O–H groups in total. The largest absolute Gasteiger partial charge is 0.314 e. The minimum absolute atomic E-state index is 0.418. The molecule has 106 valence electrons. The second kappa shape index (κ2) is 5.61. The standard InChI is InChI=1S/C15H26N4/c1-11(2)19-15(17-10-18-19)8-12-4-3-5-13(12)9-16-14-6-7-14/h10-14,16H,3-9H2,1-2H3. The zero-order valence-corrected chi connectivity index (χ0v) is 12.2. The van der Waals surface area contributed by atoms with Crippen LogP contribution < -0.4 is 5.32 Å². The Kier molecular flexibility index (Phi) is 3.87. The number of hydrogen-bond donors (Lipinski definition) is 1. The van der Waals surface area contributed by atoms with Crippen molar-refractivity contribution in [1.82, 2.24) is 20.1 Å². The van der Waals surface area contributed by atoms with Gasteiger partial charge in [0.2, 0.25) is 0 Å². The first-order valence-corrected chi connectivity index (χ1v) is 7.86. The van der Waals surface area contributed by atoms with Gasteiger partial charge in [0.25, 0.3) is 0 Å². The van der Waals surface area contributed by atoms with Crippen LogP contribution in [0.1, 0.15) is 57.8 Å². The van der Waals surface area contributed by atoms with Gasteiger partial charge in [-0.05, 0) is 57.9 Å². The van der Waals surface area contributed by atoms with E-state index in [-0.39, 0.29) is 0 Å². The summed E-state index contributed by atoms with van der Waals surface area (Å²) in [5.74, 6) is 2.82. The molecule has 2 unspecified atom stereocenters. The minimum atomic E-state index is 0.418. The lowest BCUT2D eigenvalue weighted by molar-refractivity contribution is 0.349. The van der Waals surface area contributed by atoms with Crippen molar-refractivity contribution in [2.24, 2.45) is 11.8 Å². The topological polar surface area (TPSA) is 42.7 Å². The Bertz CT molecular complexity index is 408. The van der Waals surface area contributed by atoms with Gasteiger partial charge < -0.3 is 5.32 Å². The van der Waals surface area contributed by atoms with E-state index in [1.54, 1.807) is 6.33 Å². The lowest BCUT2D eigenvalue weighted by Gasteiger charge is -2.20. The Morgan fingerprint density at radius 3 is 2.79 bits per heavy atom. The van der Waals surface area contributed by atoms with E-state index >= 15 is 0 Å². The van der Waals surface area contributed by atoms with Crippen molar-refractivity contribution in [2.45, 2.75) is 64.5 Å². The Hall–Kier alpha value is -0.900. The molecule has 2 aliphatic rings. The van der Waals surface area contributed by atoms with Gasteiger partial charge in [0.15, 0.2) is 0 Å². The summed E-state index contributed by atoms with van der Waals surface area (Å²) in [5.41, 5.74) is 0. The van der Waals surface area contributed by atoms with Gasteiger partial charge in [0.05, 0.1) is 0 Å². The van der Waals surface area contributed by atoms with Gasteiger partial charge in [0, 0.05) is 18.5 Å². The summed E-state index contributed by atoms with van der Waals surface area (Å²) < 4.78 is 2.09. The van der Waals surface area contributed by atoms with E-state index in [0.717, 1.165) is 24.3 Å². The molecule has 1 aromatic heterocycles. The maximum atomic E-state index is 4.47. The van der Waals surface area contributed by atoms with E-state index in [0.29, 0.717) is 6.04 Å². The van der Waals surface area contributed by atoms with Crippen molar-refractivity contribution in [2.75, 3.05) is 6.54 Å². The van der Waals surface area contributed by atoms with Crippen molar-refractivity contribution < 1.29 is 0 Å². The minimum Gasteiger partial charge on any atom is -0.314 e. The maximum Gasteiger partial charge on any atom is 0.138 e. The lowest BCUT2D eigenvalue weighted by Crippen LogP contribution is -2.28. The monoisotopic (exact) mass is 262 g/mol. The van der Waals surface area contributed by atoms with E-state index in [1.165, 1.54) is 44.5 Å². The molecule has 4 heteroatoms. The number of nitrogens with one attached hydrogen (secondary N) is 1. The molecule has 0 spiro atoms. The second-order valence-corrected chi connectivity index (χ2v) is 6.55. The van der Waals surface area contributed by atoms with Crippen molar-refractivity contribution in [3.05, 3.63) is 12.2 Å². The highest BCUT2D eigenvalue weighted by Gasteiger charge is 2.30. The smallest absolute Gasteiger partial charge is 0.138 e. The van der Waals surface area contributed by atoms with Gasteiger partial charge >= 0.3 is 0 Å². The van der Waals surface area contributed by atoms with Gasteiger partial charge in [-0.1, -0.05) is 6.42 Å². The van der Waals surface area contributed by atoms with Crippen LogP contribution in [0.5, 0.6) is 0 Å². The molecule has 4 nitrogen and oxygen atoms in total. The number of nitrogens with zero attached hydrogens (tertiary/aromatic N) is 3. The maximum absolute atomic E-state index is 4.47. The zero-order valence-electron chi connectivity index (χ0n) is 12.2. The van der Waals surface area contributed by atoms with Crippen molar-refractivity contribution in [3.8, 4) is 0 Å². The Balaban J connectivity index is 1.59. The first kappa shape index (κ1) is 13.1. The molecule has 2 fully saturated rings. The van der Waals surface area contributed by atoms with E-state index in [2.05, 4.69) is 33.9 Å². The van der Waals surface area contributed by atoms with E-state index in [4.69, 9.17) is 0 Å². The van der Waals surface area contributed by atoms with Crippen LogP contribution in [0.4, 0.5) is 0 Å². The van der Waals surface area contributed by atoms with E-state index in [1.807, 2.05) is 0 Å². The molecule has 19 heavy (non-hydrogen) atoms. The van der Waals surface area contributed by atoms with Gasteiger partial charge in [-0.3, -0.25) is 0 Å². The Morgan fingerprint density at radius 1 is 1.26 bits per heavy atom. The molecule has 0 radical (unpaired) electrons. The van der Waals surface area contributed by atoms with Crippen molar-refractivity contribution >= 4 is 0 Å². The number of hydrogen-bond acceptors (Lipinski definition) is 3. The molecule has 2 atom stereocenters. The molecule has 3 rings (SSSR count). The van der Waals surface area contributed by atoms with Gasteiger partial charge in [-0.25, -0.2) is 9.67 Å². The zero-order chi connectivity index (χ0) is 13.2. The fourth-order valence-corrected chi connectivity index (χ4v) is 3.34. The van der Waals surface area contributed by atoms with Crippen LogP contribution in [0.3, 0.4) is 0 Å². The summed E-state index contributed by atoms with van der Waals surface area (Å²) in [5, 5.41) is 8.06. The molecule has 0 aromatic carbocycles. The van der Waals surface area contributed by atoms with Crippen LogP contribution in [-0.2, 0) is 6.42 Å². The van der Waals surface area contributed by atoms with Crippen LogP contribution in [-0.4, -0.2) is 27.4 Å². The summed E-state index contributed by atoms with van der Waals surface area (Å²) in [7, 11) is 0.